The number of thiazole rings is 1. The fraction of sp³-hybridized carbons (Fsp3) is 0.583. The van der Waals surface area contributed by atoms with E-state index in [4.69, 9.17) is 0 Å². The first-order valence-electron chi connectivity index (χ1n) is 6.36. The number of piperidine rings is 1. The van der Waals surface area contributed by atoms with Crippen molar-refractivity contribution in [2.24, 2.45) is 0 Å². The van der Waals surface area contributed by atoms with Crippen molar-refractivity contribution in [1.29, 1.82) is 0 Å². The van der Waals surface area contributed by atoms with Crippen LogP contribution in [0, 0.1) is 0 Å². The second-order valence-corrected chi connectivity index (χ2v) is 5.44. The van der Waals surface area contributed by atoms with Crippen LogP contribution in [0.3, 0.4) is 0 Å². The average molecular weight is 263 g/mol. The highest BCUT2D eigenvalue weighted by atomic mass is 32.1. The van der Waals surface area contributed by atoms with Gasteiger partial charge in [-0.3, -0.25) is 5.10 Å². The number of aromatic nitrogens is 4. The molecule has 5 nitrogen and oxygen atoms in total. The molecule has 3 heterocycles. The Morgan fingerprint density at radius 1 is 1.33 bits per heavy atom. The highest BCUT2D eigenvalue weighted by Gasteiger charge is 2.22. The van der Waals surface area contributed by atoms with Crippen molar-refractivity contribution in [3.63, 3.8) is 0 Å². The predicted octanol–water partition coefficient (Wildman–Crippen LogP) is 1.68. The molecule has 1 aliphatic rings. The molecule has 2 aromatic heterocycles. The number of rotatable bonds is 4. The van der Waals surface area contributed by atoms with Crippen LogP contribution in [0.25, 0.3) is 0 Å². The van der Waals surface area contributed by atoms with Gasteiger partial charge in [0.05, 0.1) is 11.2 Å². The molecule has 0 unspecified atom stereocenters. The number of H-pyrrole nitrogens is 1. The van der Waals surface area contributed by atoms with Crippen molar-refractivity contribution in [2.75, 3.05) is 19.6 Å². The highest BCUT2D eigenvalue weighted by molar-refractivity contribution is 7.07. The normalized spacial score (nSPS) is 18.2. The lowest BCUT2D eigenvalue weighted by Gasteiger charge is -2.30. The van der Waals surface area contributed by atoms with Crippen LogP contribution in [0.4, 0.5) is 0 Å². The van der Waals surface area contributed by atoms with Crippen LogP contribution in [0.1, 0.15) is 30.3 Å². The van der Waals surface area contributed by atoms with Crippen LogP contribution in [0.5, 0.6) is 0 Å². The van der Waals surface area contributed by atoms with Crippen LogP contribution in [0.15, 0.2) is 17.2 Å². The van der Waals surface area contributed by atoms with Crippen LogP contribution in [-0.2, 0) is 6.42 Å². The maximum atomic E-state index is 4.32. The summed E-state index contributed by atoms with van der Waals surface area (Å²) in [5, 5.41) is 9.06. The van der Waals surface area contributed by atoms with Gasteiger partial charge in [0, 0.05) is 24.3 Å². The molecule has 0 atom stereocenters. The van der Waals surface area contributed by atoms with Gasteiger partial charge in [-0.1, -0.05) is 0 Å². The summed E-state index contributed by atoms with van der Waals surface area (Å²) in [7, 11) is 0. The molecule has 0 spiro atoms. The van der Waals surface area contributed by atoms with E-state index >= 15 is 0 Å². The third-order valence-electron chi connectivity index (χ3n) is 3.58. The summed E-state index contributed by atoms with van der Waals surface area (Å²) >= 11 is 1.68. The Morgan fingerprint density at radius 3 is 2.89 bits per heavy atom. The van der Waals surface area contributed by atoms with Crippen molar-refractivity contribution in [3.05, 3.63) is 28.7 Å². The molecule has 2 aromatic rings. The lowest BCUT2D eigenvalue weighted by molar-refractivity contribution is 0.211. The molecular formula is C12H17N5S. The molecule has 96 valence electrons. The van der Waals surface area contributed by atoms with Gasteiger partial charge < -0.3 is 4.90 Å². The minimum atomic E-state index is 0.558. The lowest BCUT2D eigenvalue weighted by Crippen LogP contribution is -2.34. The number of hydrogen-bond acceptors (Lipinski definition) is 5. The Hall–Kier alpha value is -1.27. The summed E-state index contributed by atoms with van der Waals surface area (Å²) in [4.78, 5) is 11.1. The van der Waals surface area contributed by atoms with E-state index in [1.807, 2.05) is 5.51 Å². The van der Waals surface area contributed by atoms with Gasteiger partial charge in [-0.05, 0) is 25.9 Å². The van der Waals surface area contributed by atoms with E-state index in [-0.39, 0.29) is 0 Å². The average Bonchev–Trinajstić information content (AvgIpc) is 3.10. The monoisotopic (exact) mass is 263 g/mol. The van der Waals surface area contributed by atoms with E-state index in [9.17, 15) is 0 Å². The van der Waals surface area contributed by atoms with Gasteiger partial charge in [0.2, 0.25) is 0 Å². The fourth-order valence-electron chi connectivity index (χ4n) is 2.48. The SMILES string of the molecule is c1n[nH]c(C2CCN(CCc3cscn3)CC2)n1. The van der Waals surface area contributed by atoms with E-state index in [0.717, 1.165) is 31.9 Å². The number of hydrogen-bond donors (Lipinski definition) is 1. The Kier molecular flexibility index (Phi) is 3.66. The maximum Gasteiger partial charge on any atom is 0.137 e. The number of nitrogens with one attached hydrogen (secondary N) is 1. The molecule has 18 heavy (non-hydrogen) atoms. The van der Waals surface area contributed by atoms with Crippen LogP contribution in [-0.4, -0.2) is 44.7 Å². The summed E-state index contributed by atoms with van der Waals surface area (Å²) in [5.74, 6) is 1.61. The van der Waals surface area contributed by atoms with Crippen LogP contribution in [0.2, 0.25) is 0 Å². The first-order chi connectivity index (χ1) is 8.92. The number of likely N-dealkylation sites (tertiary alicyclic amines) is 1. The molecular weight excluding hydrogens is 246 g/mol. The summed E-state index contributed by atoms with van der Waals surface area (Å²) < 4.78 is 0. The standard InChI is InChI=1S/C12H17N5S/c1-4-17(6-3-11-7-18-9-14-11)5-2-10(1)12-13-8-15-16-12/h7-10H,1-6H2,(H,13,15,16). The summed E-state index contributed by atoms with van der Waals surface area (Å²) in [5.41, 5.74) is 3.13. The second-order valence-electron chi connectivity index (χ2n) is 4.72. The van der Waals surface area contributed by atoms with Crippen molar-refractivity contribution in [3.8, 4) is 0 Å². The minimum Gasteiger partial charge on any atom is -0.303 e. The molecule has 1 fully saturated rings. The van der Waals surface area contributed by atoms with Crippen molar-refractivity contribution >= 4 is 11.3 Å². The van der Waals surface area contributed by atoms with Gasteiger partial charge in [-0.2, -0.15) is 5.10 Å². The third-order valence-corrected chi connectivity index (χ3v) is 4.21. The van der Waals surface area contributed by atoms with E-state index in [1.54, 1.807) is 17.7 Å². The van der Waals surface area contributed by atoms with Gasteiger partial charge in [0.25, 0.3) is 0 Å². The zero-order valence-electron chi connectivity index (χ0n) is 10.2. The fourth-order valence-corrected chi connectivity index (χ4v) is 3.07. The Morgan fingerprint density at radius 2 is 2.22 bits per heavy atom. The van der Waals surface area contributed by atoms with Crippen molar-refractivity contribution in [1.82, 2.24) is 25.1 Å². The molecule has 1 aliphatic heterocycles. The zero-order valence-corrected chi connectivity index (χ0v) is 11.1. The Bertz CT molecular complexity index is 445. The van der Waals surface area contributed by atoms with E-state index in [2.05, 4.69) is 30.4 Å². The van der Waals surface area contributed by atoms with Gasteiger partial charge in [-0.15, -0.1) is 11.3 Å². The quantitative estimate of drug-likeness (QED) is 0.912. The van der Waals surface area contributed by atoms with Gasteiger partial charge >= 0.3 is 0 Å². The summed E-state index contributed by atoms with van der Waals surface area (Å²) in [6, 6.07) is 0. The molecule has 6 heteroatoms. The highest BCUT2D eigenvalue weighted by Crippen LogP contribution is 2.24. The first kappa shape index (κ1) is 11.8. The third kappa shape index (κ3) is 2.76. The van der Waals surface area contributed by atoms with Crippen LogP contribution < -0.4 is 0 Å². The van der Waals surface area contributed by atoms with Crippen LogP contribution >= 0.6 is 11.3 Å². The molecule has 1 saturated heterocycles. The predicted molar refractivity (Wildman–Crippen MR) is 70.6 cm³/mol. The molecule has 3 rings (SSSR count). The topological polar surface area (TPSA) is 57.7 Å². The molecule has 1 N–H and O–H groups in total. The first-order valence-corrected chi connectivity index (χ1v) is 7.31. The van der Waals surface area contributed by atoms with Crippen molar-refractivity contribution < 1.29 is 0 Å². The van der Waals surface area contributed by atoms with Gasteiger partial charge in [0.1, 0.15) is 12.2 Å². The lowest BCUT2D eigenvalue weighted by atomic mass is 9.96. The second kappa shape index (κ2) is 5.58. The minimum absolute atomic E-state index is 0.558. The van der Waals surface area contributed by atoms with Crippen molar-refractivity contribution in [2.45, 2.75) is 25.2 Å². The van der Waals surface area contributed by atoms with E-state index < -0.39 is 0 Å². The maximum absolute atomic E-state index is 4.32. The molecule has 0 aliphatic carbocycles. The van der Waals surface area contributed by atoms with E-state index in [0.29, 0.717) is 5.92 Å². The summed E-state index contributed by atoms with van der Waals surface area (Å²) in [6.45, 7) is 3.41. The molecule has 0 bridgehead atoms. The largest absolute Gasteiger partial charge is 0.303 e. The summed E-state index contributed by atoms with van der Waals surface area (Å²) in [6.07, 6.45) is 5.01. The number of nitrogens with zero attached hydrogens (tertiary/aromatic N) is 4. The zero-order chi connectivity index (χ0) is 12.2. The Labute approximate surface area is 110 Å². The smallest absolute Gasteiger partial charge is 0.137 e. The van der Waals surface area contributed by atoms with Gasteiger partial charge in [-0.25, -0.2) is 9.97 Å². The number of aromatic amines is 1. The molecule has 0 amide bonds. The Balaban J connectivity index is 1.45. The molecule has 0 aromatic carbocycles. The van der Waals surface area contributed by atoms with E-state index in [1.165, 1.54) is 18.5 Å². The molecule has 0 radical (unpaired) electrons. The van der Waals surface area contributed by atoms with Gasteiger partial charge in [0.15, 0.2) is 0 Å². The molecule has 0 saturated carbocycles.